The van der Waals surface area contributed by atoms with Crippen molar-refractivity contribution in [2.75, 3.05) is 0 Å². The number of nitrogens with zero attached hydrogens (tertiary/aromatic N) is 2. The molecule has 7 nitrogen and oxygen atoms in total. The number of carboxylic acids is 2. The molecule has 0 aromatic carbocycles. The van der Waals surface area contributed by atoms with Crippen molar-refractivity contribution in [1.29, 1.82) is 0 Å². The molecular weight excluding hydrogens is 328 g/mol. The van der Waals surface area contributed by atoms with Gasteiger partial charge in [-0.15, -0.1) is 0 Å². The predicted molar refractivity (Wildman–Crippen MR) is 84.1 cm³/mol. The maximum atomic E-state index is 12.3. The average Bonchev–Trinajstić information content (AvgIpc) is 2.92. The van der Waals surface area contributed by atoms with Gasteiger partial charge in [-0.05, 0) is 17.7 Å². The third kappa shape index (κ3) is 3.37. The van der Waals surface area contributed by atoms with Gasteiger partial charge in [-0.2, -0.15) is 0 Å². The van der Waals surface area contributed by atoms with Crippen LogP contribution < -0.4 is 0 Å². The number of amides is 1. The second kappa shape index (κ2) is 6.32. The van der Waals surface area contributed by atoms with Gasteiger partial charge in [0.2, 0.25) is 0 Å². The number of carbonyl (C=O) groups is 3. The van der Waals surface area contributed by atoms with Gasteiger partial charge in [0, 0.05) is 19.4 Å². The Labute approximate surface area is 135 Å². The predicted octanol–water partition coefficient (Wildman–Crippen LogP) is 1.15. The zero-order valence-electron chi connectivity index (χ0n) is 11.4. The SMILES string of the molecule is Cn1ccc(/C=C2/SC(=S)N([C@@H](CC(=O)O)C(=O)O)C2=O)c1. The minimum absolute atomic E-state index is 0.0424. The van der Waals surface area contributed by atoms with Crippen LogP contribution in [-0.4, -0.2) is 47.9 Å². The van der Waals surface area contributed by atoms with Crippen LogP contribution in [0.2, 0.25) is 0 Å². The lowest BCUT2D eigenvalue weighted by atomic mass is 10.2. The number of carboxylic acid groups (broad SMARTS) is 2. The third-order valence-corrected chi connectivity index (χ3v) is 4.27. The number of hydrogen-bond donors (Lipinski definition) is 2. The van der Waals surface area contributed by atoms with Gasteiger partial charge >= 0.3 is 11.9 Å². The summed E-state index contributed by atoms with van der Waals surface area (Å²) >= 11 is 5.99. The summed E-state index contributed by atoms with van der Waals surface area (Å²) in [7, 11) is 1.83. The Morgan fingerprint density at radius 2 is 2.14 bits per heavy atom. The molecule has 1 amide bonds. The molecule has 0 unspecified atom stereocenters. The van der Waals surface area contributed by atoms with Gasteiger partial charge in [0.15, 0.2) is 0 Å². The summed E-state index contributed by atoms with van der Waals surface area (Å²) in [5.41, 5.74) is 0.771. The lowest BCUT2D eigenvalue weighted by molar-refractivity contribution is -0.150. The summed E-state index contributed by atoms with van der Waals surface area (Å²) < 4.78 is 1.85. The summed E-state index contributed by atoms with van der Waals surface area (Å²) in [6.45, 7) is 0. The smallest absolute Gasteiger partial charge is 0.327 e. The fourth-order valence-corrected chi connectivity index (χ4v) is 3.32. The quantitative estimate of drug-likeness (QED) is 0.613. The molecule has 2 N–H and O–H groups in total. The second-order valence-electron chi connectivity index (χ2n) is 4.61. The first-order valence-electron chi connectivity index (χ1n) is 6.13. The van der Waals surface area contributed by atoms with E-state index >= 15 is 0 Å². The van der Waals surface area contributed by atoms with Crippen molar-refractivity contribution in [3.8, 4) is 0 Å². The molecule has 0 saturated carbocycles. The van der Waals surface area contributed by atoms with Crippen molar-refractivity contribution in [3.05, 3.63) is 28.9 Å². The molecule has 1 fully saturated rings. The Kier molecular flexibility index (Phi) is 4.67. The van der Waals surface area contributed by atoms with Crippen LogP contribution in [0.3, 0.4) is 0 Å². The van der Waals surface area contributed by atoms with Crippen LogP contribution in [0.5, 0.6) is 0 Å². The molecule has 1 aromatic heterocycles. The molecule has 1 atom stereocenters. The maximum absolute atomic E-state index is 12.3. The number of thioether (sulfide) groups is 1. The number of aliphatic carboxylic acids is 2. The standard InChI is InChI=1S/C13H12N2O5S2/c1-14-3-2-7(6-14)4-9-11(18)15(13(21)22-9)8(12(19)20)5-10(16)17/h2-4,6,8H,5H2,1H3,(H,16,17)(H,19,20)/b9-4+/t8-/m0/s1. The van der Waals surface area contributed by atoms with Gasteiger partial charge in [-0.25, -0.2) is 4.79 Å². The van der Waals surface area contributed by atoms with Gasteiger partial charge in [-0.1, -0.05) is 24.0 Å². The highest BCUT2D eigenvalue weighted by atomic mass is 32.2. The number of aryl methyl sites for hydroxylation is 1. The van der Waals surface area contributed by atoms with E-state index in [1.807, 2.05) is 7.05 Å². The topological polar surface area (TPSA) is 99.8 Å². The first kappa shape index (κ1) is 16.2. The molecule has 0 aliphatic carbocycles. The molecule has 2 rings (SSSR count). The molecule has 1 aliphatic rings. The Morgan fingerprint density at radius 3 is 2.64 bits per heavy atom. The number of rotatable bonds is 5. The first-order valence-corrected chi connectivity index (χ1v) is 7.35. The minimum Gasteiger partial charge on any atom is -0.481 e. The summed E-state index contributed by atoms with van der Waals surface area (Å²) in [4.78, 5) is 35.5. The Hall–Kier alpha value is -2.13. The van der Waals surface area contributed by atoms with Crippen molar-refractivity contribution >= 4 is 52.2 Å². The molecule has 2 heterocycles. The van der Waals surface area contributed by atoms with Crippen LogP contribution in [0.4, 0.5) is 0 Å². The van der Waals surface area contributed by atoms with Crippen LogP contribution in [0.15, 0.2) is 23.4 Å². The highest BCUT2D eigenvalue weighted by Gasteiger charge is 2.41. The van der Waals surface area contributed by atoms with Crippen molar-refractivity contribution in [1.82, 2.24) is 9.47 Å². The molecule has 1 aromatic rings. The zero-order valence-corrected chi connectivity index (χ0v) is 13.1. The molecular formula is C13H12N2O5S2. The van der Waals surface area contributed by atoms with E-state index in [0.29, 0.717) is 0 Å². The van der Waals surface area contributed by atoms with Gasteiger partial charge in [0.1, 0.15) is 10.4 Å². The largest absolute Gasteiger partial charge is 0.481 e. The van der Waals surface area contributed by atoms with E-state index in [1.54, 1.807) is 29.1 Å². The van der Waals surface area contributed by atoms with Crippen LogP contribution in [0.25, 0.3) is 6.08 Å². The monoisotopic (exact) mass is 340 g/mol. The normalized spacial score (nSPS) is 18.0. The first-order chi connectivity index (χ1) is 10.3. The molecule has 0 bridgehead atoms. The van der Waals surface area contributed by atoms with Crippen molar-refractivity contribution in [2.24, 2.45) is 7.05 Å². The molecule has 0 radical (unpaired) electrons. The van der Waals surface area contributed by atoms with Gasteiger partial charge in [-0.3, -0.25) is 14.5 Å². The Bertz CT molecular complexity index is 694. The van der Waals surface area contributed by atoms with Gasteiger partial charge in [0.05, 0.1) is 11.3 Å². The van der Waals surface area contributed by atoms with Crippen molar-refractivity contribution < 1.29 is 24.6 Å². The van der Waals surface area contributed by atoms with E-state index in [9.17, 15) is 14.4 Å². The third-order valence-electron chi connectivity index (χ3n) is 2.94. The van der Waals surface area contributed by atoms with E-state index in [0.717, 1.165) is 22.2 Å². The highest BCUT2D eigenvalue weighted by Crippen LogP contribution is 2.34. The van der Waals surface area contributed by atoms with E-state index in [2.05, 4.69) is 0 Å². The maximum Gasteiger partial charge on any atom is 0.327 e. The molecule has 1 aliphatic heterocycles. The Morgan fingerprint density at radius 1 is 1.45 bits per heavy atom. The molecule has 9 heteroatoms. The van der Waals surface area contributed by atoms with Crippen LogP contribution in [0.1, 0.15) is 12.0 Å². The minimum atomic E-state index is -1.51. The number of aromatic nitrogens is 1. The summed E-state index contributed by atoms with van der Waals surface area (Å²) in [5.74, 6) is -3.30. The average molecular weight is 340 g/mol. The van der Waals surface area contributed by atoms with Gasteiger partial charge < -0.3 is 14.8 Å². The van der Waals surface area contributed by atoms with Crippen LogP contribution in [-0.2, 0) is 21.4 Å². The number of thiocarbonyl (C=S) groups is 1. The molecule has 0 spiro atoms. The van der Waals surface area contributed by atoms with E-state index in [4.69, 9.17) is 22.4 Å². The fourth-order valence-electron chi connectivity index (χ4n) is 1.96. The van der Waals surface area contributed by atoms with E-state index in [-0.39, 0.29) is 9.23 Å². The lowest BCUT2D eigenvalue weighted by Crippen LogP contribution is -2.45. The highest BCUT2D eigenvalue weighted by molar-refractivity contribution is 8.26. The van der Waals surface area contributed by atoms with E-state index < -0.39 is 30.3 Å². The van der Waals surface area contributed by atoms with Gasteiger partial charge in [0.25, 0.3) is 5.91 Å². The summed E-state index contributed by atoms with van der Waals surface area (Å²) in [6.07, 6.45) is 4.48. The van der Waals surface area contributed by atoms with Crippen LogP contribution >= 0.6 is 24.0 Å². The molecule has 1 saturated heterocycles. The summed E-state index contributed by atoms with van der Waals surface area (Å²) in [5, 5.41) is 17.9. The number of carbonyl (C=O) groups excluding carboxylic acids is 1. The Balaban J connectivity index is 2.29. The summed E-state index contributed by atoms with van der Waals surface area (Å²) in [6, 6.07) is 0.282. The number of hydrogen-bond acceptors (Lipinski definition) is 5. The van der Waals surface area contributed by atoms with Crippen LogP contribution in [0, 0.1) is 0 Å². The van der Waals surface area contributed by atoms with E-state index in [1.165, 1.54) is 0 Å². The fraction of sp³-hybridized carbons (Fsp3) is 0.231. The zero-order chi connectivity index (χ0) is 16.4. The lowest BCUT2D eigenvalue weighted by Gasteiger charge is -2.21. The molecule has 22 heavy (non-hydrogen) atoms. The van der Waals surface area contributed by atoms with Crippen molar-refractivity contribution in [3.63, 3.8) is 0 Å². The second-order valence-corrected chi connectivity index (χ2v) is 6.29. The van der Waals surface area contributed by atoms with Crippen molar-refractivity contribution in [2.45, 2.75) is 12.5 Å². The molecule has 116 valence electrons.